The average Bonchev–Trinajstić information content (AvgIpc) is 2.92. The average molecular weight is 304 g/mol. The highest BCUT2D eigenvalue weighted by molar-refractivity contribution is 5.29. The summed E-state index contributed by atoms with van der Waals surface area (Å²) in [5.41, 5.74) is 1.37. The Bertz CT molecular complexity index is 426. The van der Waals surface area contributed by atoms with E-state index in [2.05, 4.69) is 45.0 Å². The van der Waals surface area contributed by atoms with Crippen LogP contribution in [0.2, 0.25) is 0 Å². The van der Waals surface area contributed by atoms with Gasteiger partial charge >= 0.3 is 0 Å². The molecule has 0 aromatic heterocycles. The Hall–Kier alpha value is -1.02. The smallest absolute Gasteiger partial charge is 0.196 e. The lowest BCUT2D eigenvalue weighted by molar-refractivity contribution is -0.0702. The van der Waals surface area contributed by atoms with E-state index in [0.717, 1.165) is 24.2 Å². The summed E-state index contributed by atoms with van der Waals surface area (Å²) in [5, 5.41) is 0. The summed E-state index contributed by atoms with van der Waals surface area (Å²) in [6.07, 6.45) is 6.30. The van der Waals surface area contributed by atoms with E-state index < -0.39 is 0 Å². The predicted octanol–water partition coefficient (Wildman–Crippen LogP) is 5.77. The molecule has 22 heavy (non-hydrogen) atoms. The zero-order chi connectivity index (χ0) is 15.9. The minimum Gasteiger partial charge on any atom is -0.465 e. The summed E-state index contributed by atoms with van der Waals surface area (Å²) >= 11 is 0. The molecule has 2 heteroatoms. The van der Waals surface area contributed by atoms with Crippen molar-refractivity contribution in [3.8, 4) is 5.75 Å². The van der Waals surface area contributed by atoms with Crippen LogP contribution in [0.4, 0.5) is 0 Å². The Morgan fingerprint density at radius 3 is 2.45 bits per heavy atom. The molecule has 2 nitrogen and oxygen atoms in total. The van der Waals surface area contributed by atoms with Crippen molar-refractivity contribution < 1.29 is 9.47 Å². The van der Waals surface area contributed by atoms with E-state index in [1.165, 1.54) is 37.7 Å². The van der Waals surface area contributed by atoms with Gasteiger partial charge in [0.1, 0.15) is 5.75 Å². The fourth-order valence-corrected chi connectivity index (χ4v) is 3.32. The molecular formula is C20H32O2. The summed E-state index contributed by atoms with van der Waals surface area (Å²) in [6, 6.07) is 8.44. The van der Waals surface area contributed by atoms with Crippen LogP contribution in [0, 0.1) is 11.8 Å². The molecule has 1 fully saturated rings. The first kappa shape index (κ1) is 17.3. The maximum atomic E-state index is 5.85. The van der Waals surface area contributed by atoms with E-state index in [1.807, 2.05) is 6.92 Å². The van der Waals surface area contributed by atoms with Crippen LogP contribution in [0.1, 0.15) is 71.3 Å². The summed E-state index contributed by atoms with van der Waals surface area (Å²) < 4.78 is 11.7. The molecule has 0 spiro atoms. The molecule has 0 N–H and O–H groups in total. The highest BCUT2D eigenvalue weighted by Gasteiger charge is 2.21. The van der Waals surface area contributed by atoms with Crippen LogP contribution in [0.25, 0.3) is 0 Å². The molecule has 1 aliphatic carbocycles. The van der Waals surface area contributed by atoms with Crippen LogP contribution < -0.4 is 4.74 Å². The Morgan fingerprint density at radius 1 is 1.14 bits per heavy atom. The lowest BCUT2D eigenvalue weighted by Gasteiger charge is -2.17. The maximum absolute atomic E-state index is 5.85. The van der Waals surface area contributed by atoms with Crippen LogP contribution in [0.15, 0.2) is 24.3 Å². The van der Waals surface area contributed by atoms with E-state index in [1.54, 1.807) is 0 Å². The van der Waals surface area contributed by atoms with Gasteiger partial charge in [-0.05, 0) is 61.6 Å². The van der Waals surface area contributed by atoms with Crippen molar-refractivity contribution in [2.75, 3.05) is 6.61 Å². The highest BCUT2D eigenvalue weighted by Crippen LogP contribution is 2.32. The van der Waals surface area contributed by atoms with Crippen molar-refractivity contribution >= 4 is 0 Å². The van der Waals surface area contributed by atoms with Gasteiger partial charge in [0.2, 0.25) is 0 Å². The zero-order valence-electron chi connectivity index (χ0n) is 14.7. The topological polar surface area (TPSA) is 18.5 Å². The molecule has 4 atom stereocenters. The van der Waals surface area contributed by atoms with Gasteiger partial charge in [-0.2, -0.15) is 0 Å². The standard InChI is InChI=1S/C20H32O2/c1-5-16(3)19-8-10-20(11-9-19)22-17(4)21-13-12-18-7-6-15(2)14-18/h8-11,15-18H,5-7,12-14H2,1-4H3. The van der Waals surface area contributed by atoms with E-state index in [0.29, 0.717) is 5.92 Å². The van der Waals surface area contributed by atoms with Gasteiger partial charge in [0.15, 0.2) is 6.29 Å². The van der Waals surface area contributed by atoms with Crippen molar-refractivity contribution in [2.45, 2.75) is 72.0 Å². The molecule has 2 rings (SSSR count). The van der Waals surface area contributed by atoms with Crippen LogP contribution >= 0.6 is 0 Å². The first-order valence-electron chi connectivity index (χ1n) is 8.96. The van der Waals surface area contributed by atoms with Crippen molar-refractivity contribution in [1.29, 1.82) is 0 Å². The van der Waals surface area contributed by atoms with Crippen molar-refractivity contribution in [1.82, 2.24) is 0 Å². The second-order valence-electron chi connectivity index (χ2n) is 7.01. The molecule has 0 bridgehead atoms. The maximum Gasteiger partial charge on any atom is 0.196 e. The Balaban J connectivity index is 1.69. The normalized spacial score (nSPS) is 24.2. The zero-order valence-corrected chi connectivity index (χ0v) is 14.7. The third-order valence-electron chi connectivity index (χ3n) is 5.05. The Labute approximate surface area is 136 Å². The summed E-state index contributed by atoms with van der Waals surface area (Å²) in [6.45, 7) is 9.63. The fraction of sp³-hybridized carbons (Fsp3) is 0.700. The Kier molecular flexibility index (Phi) is 6.75. The SMILES string of the molecule is CCC(C)c1ccc(OC(C)OCCC2CCC(C)C2)cc1. The van der Waals surface area contributed by atoms with Crippen molar-refractivity contribution in [3.05, 3.63) is 29.8 Å². The third kappa shape index (κ3) is 5.31. The van der Waals surface area contributed by atoms with E-state index >= 15 is 0 Å². The first-order chi connectivity index (χ1) is 10.6. The second-order valence-corrected chi connectivity index (χ2v) is 7.01. The summed E-state index contributed by atoms with van der Waals surface area (Å²) in [5.74, 6) is 3.27. The minimum atomic E-state index is -0.173. The molecule has 4 unspecified atom stereocenters. The third-order valence-corrected chi connectivity index (χ3v) is 5.05. The van der Waals surface area contributed by atoms with Gasteiger partial charge in [-0.25, -0.2) is 0 Å². The predicted molar refractivity (Wildman–Crippen MR) is 92.3 cm³/mol. The minimum absolute atomic E-state index is 0.173. The quantitative estimate of drug-likeness (QED) is 0.568. The number of benzene rings is 1. The van der Waals surface area contributed by atoms with Crippen molar-refractivity contribution in [2.24, 2.45) is 11.8 Å². The largest absolute Gasteiger partial charge is 0.465 e. The number of ether oxygens (including phenoxy) is 2. The van der Waals surface area contributed by atoms with E-state index in [4.69, 9.17) is 9.47 Å². The molecule has 0 aliphatic heterocycles. The Morgan fingerprint density at radius 2 is 1.86 bits per heavy atom. The lowest BCUT2D eigenvalue weighted by Crippen LogP contribution is -2.18. The summed E-state index contributed by atoms with van der Waals surface area (Å²) in [4.78, 5) is 0. The fourth-order valence-electron chi connectivity index (χ4n) is 3.32. The van der Waals surface area contributed by atoms with Crippen LogP contribution in [-0.4, -0.2) is 12.9 Å². The van der Waals surface area contributed by atoms with E-state index in [9.17, 15) is 0 Å². The molecule has 0 radical (unpaired) electrons. The molecule has 0 amide bonds. The number of rotatable bonds is 8. The molecule has 1 saturated carbocycles. The monoisotopic (exact) mass is 304 g/mol. The van der Waals surface area contributed by atoms with Gasteiger partial charge in [0, 0.05) is 0 Å². The van der Waals surface area contributed by atoms with Crippen LogP contribution in [-0.2, 0) is 4.74 Å². The molecule has 124 valence electrons. The van der Waals surface area contributed by atoms with E-state index in [-0.39, 0.29) is 6.29 Å². The van der Waals surface area contributed by atoms with Crippen LogP contribution in [0.5, 0.6) is 5.75 Å². The van der Waals surface area contributed by atoms with Crippen molar-refractivity contribution in [3.63, 3.8) is 0 Å². The van der Waals surface area contributed by atoms with Gasteiger partial charge in [-0.3, -0.25) is 0 Å². The van der Waals surface area contributed by atoms with Gasteiger partial charge in [-0.1, -0.05) is 45.7 Å². The molecule has 1 aliphatic rings. The summed E-state index contributed by atoms with van der Waals surface area (Å²) in [7, 11) is 0. The van der Waals surface area contributed by atoms with Gasteiger partial charge in [0.05, 0.1) is 6.61 Å². The van der Waals surface area contributed by atoms with Crippen LogP contribution in [0.3, 0.4) is 0 Å². The molecule has 0 saturated heterocycles. The molecule has 1 aromatic rings. The first-order valence-corrected chi connectivity index (χ1v) is 8.96. The number of hydrogen-bond donors (Lipinski definition) is 0. The lowest BCUT2D eigenvalue weighted by atomic mass is 9.99. The van der Waals surface area contributed by atoms with Gasteiger partial charge in [0.25, 0.3) is 0 Å². The molecule has 0 heterocycles. The highest BCUT2D eigenvalue weighted by atomic mass is 16.7. The second kappa shape index (κ2) is 8.57. The molecular weight excluding hydrogens is 272 g/mol. The van der Waals surface area contributed by atoms with Gasteiger partial charge in [-0.15, -0.1) is 0 Å². The molecule has 1 aromatic carbocycles. The van der Waals surface area contributed by atoms with Gasteiger partial charge < -0.3 is 9.47 Å². The number of hydrogen-bond acceptors (Lipinski definition) is 2.